The minimum atomic E-state index is -0.536. The third-order valence-corrected chi connectivity index (χ3v) is 8.19. The van der Waals surface area contributed by atoms with Crippen LogP contribution in [0.5, 0.6) is 11.5 Å². The highest BCUT2D eigenvalue weighted by Crippen LogP contribution is 2.56. The molecular weight excluding hydrogens is 434 g/mol. The third kappa shape index (κ3) is 5.53. The highest BCUT2D eigenvalue weighted by Gasteiger charge is 2.52. The number of carbonyl (C=O) groups is 2. The Bertz CT molecular complexity index is 985. The number of rotatable bonds is 7. The fraction of sp³-hybridized carbons (Fsp3) is 0.462. The summed E-state index contributed by atoms with van der Waals surface area (Å²) in [5.41, 5.74) is 6.78. The lowest BCUT2D eigenvalue weighted by atomic mass is 9.77. The first-order valence-corrected chi connectivity index (χ1v) is 12.5. The molecule has 1 aliphatic carbocycles. The van der Waals surface area contributed by atoms with E-state index in [0.29, 0.717) is 17.1 Å². The molecule has 1 aliphatic heterocycles. The van der Waals surface area contributed by atoms with Crippen LogP contribution in [0.3, 0.4) is 0 Å². The van der Waals surface area contributed by atoms with E-state index >= 15 is 0 Å². The first kappa shape index (κ1) is 23.6. The Kier molecular flexibility index (Phi) is 7.00. The van der Waals surface area contributed by atoms with Crippen LogP contribution in [0, 0.1) is 5.41 Å². The number of piperidine rings is 1. The van der Waals surface area contributed by atoms with Gasteiger partial charge in [-0.15, -0.1) is 11.8 Å². The number of hydrogen-bond donors (Lipinski definition) is 3. The van der Waals surface area contributed by atoms with E-state index in [1.807, 2.05) is 38.1 Å². The SMILES string of the molecule is CC(C)NC(=O)c1ccc(Oc2ccc(SC3(C(N)=O)CCC4(CCNCC4)C3)cc2)cc1. The van der Waals surface area contributed by atoms with Crippen molar-refractivity contribution in [2.75, 3.05) is 13.1 Å². The summed E-state index contributed by atoms with van der Waals surface area (Å²) in [6.07, 6.45) is 5.00. The van der Waals surface area contributed by atoms with Gasteiger partial charge in [0.05, 0.1) is 4.75 Å². The maximum Gasteiger partial charge on any atom is 0.251 e. The maximum absolute atomic E-state index is 12.5. The van der Waals surface area contributed by atoms with Crippen LogP contribution in [0.2, 0.25) is 0 Å². The van der Waals surface area contributed by atoms with E-state index < -0.39 is 4.75 Å². The molecule has 2 amide bonds. The van der Waals surface area contributed by atoms with Crippen molar-refractivity contribution in [1.82, 2.24) is 10.6 Å². The first-order chi connectivity index (χ1) is 15.8. The van der Waals surface area contributed by atoms with Crippen LogP contribution in [-0.2, 0) is 4.79 Å². The van der Waals surface area contributed by atoms with Gasteiger partial charge in [-0.25, -0.2) is 0 Å². The second kappa shape index (κ2) is 9.77. The number of nitrogens with one attached hydrogen (secondary N) is 2. The van der Waals surface area contributed by atoms with E-state index in [1.165, 1.54) is 0 Å². The monoisotopic (exact) mass is 467 g/mol. The molecule has 1 atom stereocenters. The standard InChI is InChI=1S/C26H33N3O3S/c1-18(2)29-23(30)19-3-5-20(6-4-19)32-21-7-9-22(10-8-21)33-26(24(27)31)12-11-25(17-26)13-15-28-16-14-25/h3-10,18,28H,11-17H2,1-2H3,(H2,27,31)(H,29,30). The fourth-order valence-corrected chi connectivity index (χ4v) is 6.34. The quantitative estimate of drug-likeness (QED) is 0.558. The average molecular weight is 468 g/mol. The van der Waals surface area contributed by atoms with Crippen LogP contribution in [0.4, 0.5) is 0 Å². The Morgan fingerprint density at radius 2 is 1.58 bits per heavy atom. The number of thioether (sulfide) groups is 1. The summed E-state index contributed by atoms with van der Waals surface area (Å²) in [7, 11) is 0. The smallest absolute Gasteiger partial charge is 0.251 e. The van der Waals surface area contributed by atoms with E-state index in [-0.39, 0.29) is 23.3 Å². The molecule has 2 aliphatic rings. The molecular formula is C26H33N3O3S. The predicted octanol–water partition coefficient (Wildman–Crippen LogP) is 4.49. The number of hydrogen-bond acceptors (Lipinski definition) is 5. The summed E-state index contributed by atoms with van der Waals surface area (Å²) in [5, 5.41) is 6.30. The van der Waals surface area contributed by atoms with E-state index in [2.05, 4.69) is 10.6 Å². The van der Waals surface area contributed by atoms with Gasteiger partial charge in [-0.1, -0.05) is 0 Å². The van der Waals surface area contributed by atoms with Crippen molar-refractivity contribution < 1.29 is 14.3 Å². The van der Waals surface area contributed by atoms with Crippen molar-refractivity contribution in [3.05, 3.63) is 54.1 Å². The summed E-state index contributed by atoms with van der Waals surface area (Å²) in [5.74, 6) is 1.06. The molecule has 2 aromatic rings. The molecule has 1 unspecified atom stereocenters. The normalized spacial score (nSPS) is 21.8. The molecule has 1 spiro atoms. The van der Waals surface area contributed by atoms with Gasteiger partial charge in [0, 0.05) is 16.5 Å². The van der Waals surface area contributed by atoms with Crippen molar-refractivity contribution >= 4 is 23.6 Å². The number of nitrogens with two attached hydrogens (primary N) is 1. The number of ether oxygens (including phenoxy) is 1. The highest BCUT2D eigenvalue weighted by molar-refractivity contribution is 8.01. The van der Waals surface area contributed by atoms with Crippen LogP contribution in [0.25, 0.3) is 0 Å². The van der Waals surface area contributed by atoms with Crippen molar-refractivity contribution in [3.8, 4) is 11.5 Å². The predicted molar refractivity (Wildman–Crippen MR) is 132 cm³/mol. The molecule has 176 valence electrons. The number of benzene rings is 2. The molecule has 4 rings (SSSR count). The van der Waals surface area contributed by atoms with Crippen molar-refractivity contribution in [2.45, 2.75) is 61.6 Å². The van der Waals surface area contributed by atoms with E-state index in [1.54, 1.807) is 36.0 Å². The molecule has 2 aromatic carbocycles. The second-order valence-corrected chi connectivity index (χ2v) is 11.1. The zero-order chi connectivity index (χ0) is 23.5. The van der Waals surface area contributed by atoms with Crippen molar-refractivity contribution in [3.63, 3.8) is 0 Å². The zero-order valence-corrected chi connectivity index (χ0v) is 20.2. The summed E-state index contributed by atoms with van der Waals surface area (Å²) in [6, 6.07) is 15.0. The first-order valence-electron chi connectivity index (χ1n) is 11.7. The third-order valence-electron chi connectivity index (χ3n) is 6.74. The van der Waals surface area contributed by atoms with Gasteiger partial charge in [0.15, 0.2) is 0 Å². The molecule has 0 radical (unpaired) electrons. The summed E-state index contributed by atoms with van der Waals surface area (Å²) in [4.78, 5) is 25.6. The highest BCUT2D eigenvalue weighted by atomic mass is 32.2. The summed E-state index contributed by atoms with van der Waals surface area (Å²) >= 11 is 1.60. The number of carbonyl (C=O) groups excluding carboxylic acids is 2. The average Bonchev–Trinajstić information content (AvgIpc) is 3.14. The molecule has 0 bridgehead atoms. The minimum Gasteiger partial charge on any atom is -0.457 e. The van der Waals surface area contributed by atoms with Gasteiger partial charge in [-0.05, 0) is 113 Å². The van der Waals surface area contributed by atoms with E-state index in [0.717, 1.165) is 50.1 Å². The Balaban J connectivity index is 1.40. The van der Waals surface area contributed by atoms with Gasteiger partial charge in [0.2, 0.25) is 5.91 Å². The van der Waals surface area contributed by atoms with Crippen LogP contribution in [-0.4, -0.2) is 35.7 Å². The molecule has 7 heteroatoms. The number of amides is 2. The maximum atomic E-state index is 12.5. The largest absolute Gasteiger partial charge is 0.457 e. The van der Waals surface area contributed by atoms with Crippen molar-refractivity contribution in [1.29, 1.82) is 0 Å². The van der Waals surface area contributed by atoms with Crippen LogP contribution >= 0.6 is 11.8 Å². The van der Waals surface area contributed by atoms with E-state index in [9.17, 15) is 9.59 Å². The minimum absolute atomic E-state index is 0.0907. The Labute approximate surface area is 200 Å². The van der Waals surface area contributed by atoms with E-state index in [4.69, 9.17) is 10.5 Å². The Morgan fingerprint density at radius 1 is 0.970 bits per heavy atom. The molecule has 1 heterocycles. The van der Waals surface area contributed by atoms with Gasteiger partial charge in [-0.3, -0.25) is 9.59 Å². The van der Waals surface area contributed by atoms with Crippen LogP contribution in [0.1, 0.15) is 56.3 Å². The Morgan fingerprint density at radius 3 is 2.15 bits per heavy atom. The molecule has 1 saturated carbocycles. The van der Waals surface area contributed by atoms with Crippen LogP contribution in [0.15, 0.2) is 53.4 Å². The van der Waals surface area contributed by atoms with Gasteiger partial charge in [0.1, 0.15) is 11.5 Å². The topological polar surface area (TPSA) is 93.4 Å². The lowest BCUT2D eigenvalue weighted by molar-refractivity contribution is -0.120. The lowest BCUT2D eigenvalue weighted by Crippen LogP contribution is -2.42. The molecule has 4 N–H and O–H groups in total. The van der Waals surface area contributed by atoms with Gasteiger partial charge in [-0.2, -0.15) is 0 Å². The lowest BCUT2D eigenvalue weighted by Gasteiger charge is -2.35. The molecule has 33 heavy (non-hydrogen) atoms. The number of primary amides is 1. The second-order valence-electron chi connectivity index (χ2n) is 9.61. The zero-order valence-electron chi connectivity index (χ0n) is 19.4. The van der Waals surface area contributed by atoms with Gasteiger partial charge >= 0.3 is 0 Å². The Hall–Kier alpha value is -2.51. The summed E-state index contributed by atoms with van der Waals surface area (Å²) < 4.78 is 5.41. The van der Waals surface area contributed by atoms with Gasteiger partial charge < -0.3 is 21.1 Å². The van der Waals surface area contributed by atoms with Gasteiger partial charge in [0.25, 0.3) is 5.91 Å². The van der Waals surface area contributed by atoms with Crippen molar-refractivity contribution in [2.24, 2.45) is 11.1 Å². The molecule has 6 nitrogen and oxygen atoms in total. The van der Waals surface area contributed by atoms with Crippen LogP contribution < -0.4 is 21.1 Å². The molecule has 1 saturated heterocycles. The fourth-order valence-electron chi connectivity index (χ4n) is 4.94. The summed E-state index contributed by atoms with van der Waals surface area (Å²) in [6.45, 7) is 5.91. The molecule has 2 fully saturated rings. The molecule has 0 aromatic heterocycles.